The maximum absolute atomic E-state index is 13.4. The smallest absolute Gasteiger partial charge is 0.340 e. The van der Waals surface area contributed by atoms with Crippen LogP contribution in [-0.4, -0.2) is 17.6 Å². The summed E-state index contributed by atoms with van der Waals surface area (Å²) in [6.45, 7) is 0.604. The molecule has 0 amide bonds. The van der Waals surface area contributed by atoms with Crippen molar-refractivity contribution in [3.63, 3.8) is 0 Å². The van der Waals surface area contributed by atoms with Gasteiger partial charge >= 0.3 is 5.97 Å². The summed E-state index contributed by atoms with van der Waals surface area (Å²) < 4.78 is 19.9. The standard InChI is InChI=1S/C14H15FN2O2/c1-17-6-5-10(9-17)8-16-11-3-4-13(15)12(7-11)14(18)19-2/h3-7,9,16H,8H2,1-2H3. The molecule has 2 aromatic rings. The summed E-state index contributed by atoms with van der Waals surface area (Å²) in [5, 5.41) is 3.13. The van der Waals surface area contributed by atoms with E-state index in [1.165, 1.54) is 19.2 Å². The van der Waals surface area contributed by atoms with E-state index in [0.29, 0.717) is 12.2 Å². The van der Waals surface area contributed by atoms with Crippen molar-refractivity contribution in [3.8, 4) is 0 Å². The molecule has 0 spiro atoms. The van der Waals surface area contributed by atoms with Crippen LogP contribution in [0.3, 0.4) is 0 Å². The molecule has 5 heteroatoms. The Bertz CT molecular complexity index is 593. The Labute approximate surface area is 110 Å². The maximum Gasteiger partial charge on any atom is 0.340 e. The predicted octanol–water partition coefficient (Wildman–Crippen LogP) is 2.56. The number of nitrogens with zero attached hydrogens (tertiary/aromatic N) is 1. The number of ether oxygens (including phenoxy) is 1. The fourth-order valence-electron chi connectivity index (χ4n) is 1.77. The van der Waals surface area contributed by atoms with Crippen LogP contribution in [0, 0.1) is 5.82 Å². The van der Waals surface area contributed by atoms with E-state index in [-0.39, 0.29) is 5.56 Å². The van der Waals surface area contributed by atoms with Gasteiger partial charge in [-0.25, -0.2) is 9.18 Å². The molecule has 1 N–H and O–H groups in total. The van der Waals surface area contributed by atoms with Gasteiger partial charge < -0.3 is 14.6 Å². The van der Waals surface area contributed by atoms with Crippen molar-refractivity contribution in [2.24, 2.45) is 7.05 Å². The number of rotatable bonds is 4. The molecular formula is C14H15FN2O2. The molecule has 4 nitrogen and oxygen atoms in total. The van der Waals surface area contributed by atoms with E-state index in [1.807, 2.05) is 30.1 Å². The Kier molecular flexibility index (Phi) is 3.85. The van der Waals surface area contributed by atoms with Crippen LogP contribution in [-0.2, 0) is 18.3 Å². The average Bonchev–Trinajstić information content (AvgIpc) is 2.83. The highest BCUT2D eigenvalue weighted by atomic mass is 19.1. The van der Waals surface area contributed by atoms with Crippen LogP contribution in [0.4, 0.5) is 10.1 Å². The van der Waals surface area contributed by atoms with Crippen LogP contribution < -0.4 is 5.32 Å². The second kappa shape index (κ2) is 5.56. The fraction of sp³-hybridized carbons (Fsp3) is 0.214. The number of methoxy groups -OCH3 is 1. The Morgan fingerprint density at radius 3 is 2.84 bits per heavy atom. The first-order valence-corrected chi connectivity index (χ1v) is 5.82. The number of carbonyl (C=O) groups excluding carboxylic acids is 1. The normalized spacial score (nSPS) is 10.3. The van der Waals surface area contributed by atoms with Crippen LogP contribution >= 0.6 is 0 Å². The molecule has 19 heavy (non-hydrogen) atoms. The van der Waals surface area contributed by atoms with Gasteiger partial charge in [0.15, 0.2) is 0 Å². The van der Waals surface area contributed by atoms with E-state index in [9.17, 15) is 9.18 Å². The van der Waals surface area contributed by atoms with Crippen molar-refractivity contribution in [2.45, 2.75) is 6.54 Å². The molecule has 1 aromatic carbocycles. The summed E-state index contributed by atoms with van der Waals surface area (Å²) in [6.07, 6.45) is 3.93. The summed E-state index contributed by atoms with van der Waals surface area (Å²) in [5.74, 6) is -1.27. The number of aromatic nitrogens is 1. The molecule has 0 saturated heterocycles. The third-order valence-corrected chi connectivity index (χ3v) is 2.76. The van der Waals surface area contributed by atoms with Gasteiger partial charge in [0.2, 0.25) is 0 Å². The maximum atomic E-state index is 13.4. The monoisotopic (exact) mass is 262 g/mol. The first-order chi connectivity index (χ1) is 9.10. The van der Waals surface area contributed by atoms with Crippen molar-refractivity contribution in [1.82, 2.24) is 4.57 Å². The van der Waals surface area contributed by atoms with Crippen LogP contribution in [0.15, 0.2) is 36.7 Å². The van der Waals surface area contributed by atoms with Gasteiger partial charge in [0.05, 0.1) is 12.7 Å². The van der Waals surface area contributed by atoms with E-state index in [1.54, 1.807) is 6.07 Å². The first kappa shape index (κ1) is 13.1. The third kappa shape index (κ3) is 3.13. The number of halogens is 1. The zero-order valence-electron chi connectivity index (χ0n) is 10.8. The number of aryl methyl sites for hydroxylation is 1. The molecule has 0 aliphatic heterocycles. The summed E-state index contributed by atoms with van der Waals surface area (Å²) >= 11 is 0. The highest BCUT2D eigenvalue weighted by Gasteiger charge is 2.12. The van der Waals surface area contributed by atoms with Crippen LogP contribution in [0.5, 0.6) is 0 Å². The van der Waals surface area contributed by atoms with Gasteiger partial charge in [-0.15, -0.1) is 0 Å². The van der Waals surface area contributed by atoms with Crippen molar-refractivity contribution in [3.05, 3.63) is 53.6 Å². The Hall–Kier alpha value is -2.30. The van der Waals surface area contributed by atoms with Gasteiger partial charge in [-0.2, -0.15) is 0 Å². The molecule has 0 aliphatic carbocycles. The van der Waals surface area contributed by atoms with E-state index < -0.39 is 11.8 Å². The summed E-state index contributed by atoms with van der Waals surface area (Å²) in [5.41, 5.74) is 1.71. The van der Waals surface area contributed by atoms with Gasteiger partial charge in [0, 0.05) is 31.7 Å². The number of anilines is 1. The quantitative estimate of drug-likeness (QED) is 0.861. The van der Waals surface area contributed by atoms with Gasteiger partial charge in [0.1, 0.15) is 5.82 Å². The lowest BCUT2D eigenvalue weighted by atomic mass is 10.2. The topological polar surface area (TPSA) is 43.3 Å². The second-order valence-electron chi connectivity index (χ2n) is 4.22. The number of esters is 1. The van der Waals surface area contributed by atoms with Crippen LogP contribution in [0.25, 0.3) is 0 Å². The molecule has 100 valence electrons. The van der Waals surface area contributed by atoms with Gasteiger partial charge in [-0.1, -0.05) is 0 Å². The van der Waals surface area contributed by atoms with Gasteiger partial charge in [-0.3, -0.25) is 0 Å². The van der Waals surface area contributed by atoms with Crippen molar-refractivity contribution in [2.75, 3.05) is 12.4 Å². The van der Waals surface area contributed by atoms with E-state index in [2.05, 4.69) is 10.1 Å². The van der Waals surface area contributed by atoms with Crippen molar-refractivity contribution in [1.29, 1.82) is 0 Å². The summed E-state index contributed by atoms with van der Waals surface area (Å²) in [7, 11) is 3.17. The minimum Gasteiger partial charge on any atom is -0.465 e. The Balaban J connectivity index is 2.10. The number of benzene rings is 1. The second-order valence-corrected chi connectivity index (χ2v) is 4.22. The van der Waals surface area contributed by atoms with E-state index in [4.69, 9.17) is 0 Å². The van der Waals surface area contributed by atoms with E-state index >= 15 is 0 Å². The number of hydrogen-bond acceptors (Lipinski definition) is 3. The first-order valence-electron chi connectivity index (χ1n) is 5.82. The van der Waals surface area contributed by atoms with Crippen LogP contribution in [0.2, 0.25) is 0 Å². The van der Waals surface area contributed by atoms with Gasteiger partial charge in [-0.05, 0) is 29.8 Å². The highest BCUT2D eigenvalue weighted by Crippen LogP contribution is 2.16. The molecular weight excluding hydrogens is 247 g/mol. The zero-order valence-corrected chi connectivity index (χ0v) is 10.8. The minimum atomic E-state index is -0.680. The molecule has 0 bridgehead atoms. The minimum absolute atomic E-state index is 0.0689. The molecule has 0 fully saturated rings. The van der Waals surface area contributed by atoms with Gasteiger partial charge in [0.25, 0.3) is 0 Å². The Morgan fingerprint density at radius 2 is 2.21 bits per heavy atom. The molecule has 1 heterocycles. The lowest BCUT2D eigenvalue weighted by Crippen LogP contribution is -2.06. The molecule has 2 rings (SSSR count). The Morgan fingerprint density at radius 1 is 1.42 bits per heavy atom. The lowest BCUT2D eigenvalue weighted by Gasteiger charge is -2.07. The van der Waals surface area contributed by atoms with E-state index in [0.717, 1.165) is 5.56 Å². The molecule has 0 aliphatic rings. The molecule has 0 radical (unpaired) electrons. The summed E-state index contributed by atoms with van der Waals surface area (Å²) in [6, 6.07) is 6.27. The highest BCUT2D eigenvalue weighted by molar-refractivity contribution is 5.90. The lowest BCUT2D eigenvalue weighted by molar-refractivity contribution is 0.0595. The number of nitrogens with one attached hydrogen (secondary N) is 1. The SMILES string of the molecule is COC(=O)c1cc(NCc2ccn(C)c2)ccc1F. The predicted molar refractivity (Wildman–Crippen MR) is 70.5 cm³/mol. The summed E-state index contributed by atoms with van der Waals surface area (Å²) in [4.78, 5) is 11.4. The number of carbonyl (C=O) groups is 1. The van der Waals surface area contributed by atoms with Crippen LogP contribution in [0.1, 0.15) is 15.9 Å². The van der Waals surface area contributed by atoms with Crippen molar-refractivity contribution >= 4 is 11.7 Å². The fourth-order valence-corrected chi connectivity index (χ4v) is 1.77. The molecule has 0 saturated carbocycles. The molecule has 0 unspecified atom stereocenters. The number of hydrogen-bond donors (Lipinski definition) is 1. The molecule has 0 atom stereocenters. The average molecular weight is 262 g/mol. The molecule has 1 aromatic heterocycles. The zero-order chi connectivity index (χ0) is 13.8. The third-order valence-electron chi connectivity index (χ3n) is 2.76. The van der Waals surface area contributed by atoms with Crippen molar-refractivity contribution < 1.29 is 13.9 Å². The largest absolute Gasteiger partial charge is 0.465 e.